The van der Waals surface area contributed by atoms with Gasteiger partial charge in [-0.15, -0.1) is 0 Å². The zero-order valence-electron chi connectivity index (χ0n) is 8.95. The van der Waals surface area contributed by atoms with Crippen LogP contribution in [0.2, 0.25) is 0 Å². The van der Waals surface area contributed by atoms with Crippen LogP contribution in [0.15, 0.2) is 0 Å². The highest BCUT2D eigenvalue weighted by atomic mass is 16.6. The lowest BCUT2D eigenvalue weighted by Gasteiger charge is -2.29. The number of ether oxygens (including phenoxy) is 1. The van der Waals surface area contributed by atoms with Crippen molar-refractivity contribution in [2.24, 2.45) is 11.8 Å². The number of carbonyl (C=O) groups is 1. The van der Waals surface area contributed by atoms with Crippen LogP contribution in [0.3, 0.4) is 0 Å². The van der Waals surface area contributed by atoms with Gasteiger partial charge >= 0.3 is 6.09 Å². The highest BCUT2D eigenvalue weighted by Gasteiger charge is 2.38. The van der Waals surface area contributed by atoms with E-state index in [-0.39, 0.29) is 0 Å². The summed E-state index contributed by atoms with van der Waals surface area (Å²) >= 11 is 0. The van der Waals surface area contributed by atoms with E-state index in [9.17, 15) is 4.79 Å². The molecule has 1 saturated heterocycles. The van der Waals surface area contributed by atoms with Gasteiger partial charge in [0.15, 0.2) is 0 Å². The topological polar surface area (TPSA) is 61.9 Å². The lowest BCUT2D eigenvalue weighted by Crippen LogP contribution is -2.35. The number of hydrogen-bond acceptors (Lipinski definition) is 2. The lowest BCUT2D eigenvalue weighted by molar-refractivity contribution is 0.172. The van der Waals surface area contributed by atoms with Crippen molar-refractivity contribution in [1.82, 2.24) is 5.32 Å². The molecular weight excluding hydrogens is 194 g/mol. The van der Waals surface area contributed by atoms with Gasteiger partial charge in [-0.2, -0.15) is 0 Å². The summed E-state index contributed by atoms with van der Waals surface area (Å²) in [7, 11) is 0. The molecule has 2 N–H and O–H groups in total. The molecule has 0 aromatic rings. The van der Waals surface area contributed by atoms with Crippen molar-refractivity contribution in [3.63, 3.8) is 0 Å². The molecule has 0 bridgehead atoms. The second kappa shape index (κ2) is 4.84. The summed E-state index contributed by atoms with van der Waals surface area (Å²) in [5.74, 6) is 1.07. The summed E-state index contributed by atoms with van der Waals surface area (Å²) in [6.45, 7) is 1.38. The Bertz CT molecular complexity index is 222. The molecule has 0 spiro atoms. The molecule has 2 fully saturated rings. The third-order valence-electron chi connectivity index (χ3n) is 3.58. The zero-order valence-corrected chi connectivity index (χ0v) is 8.95. The molecule has 1 heterocycles. The van der Waals surface area contributed by atoms with Crippen molar-refractivity contribution in [3.05, 3.63) is 0 Å². The third kappa shape index (κ3) is 3.09. The van der Waals surface area contributed by atoms with E-state index in [1.807, 2.05) is 0 Å². The van der Waals surface area contributed by atoms with Crippen molar-refractivity contribution >= 4 is 6.09 Å². The van der Waals surface area contributed by atoms with Crippen molar-refractivity contribution < 1.29 is 14.6 Å². The Morgan fingerprint density at radius 2 is 2.07 bits per heavy atom. The Morgan fingerprint density at radius 3 is 2.60 bits per heavy atom. The molecule has 86 valence electrons. The second-order valence-electron chi connectivity index (χ2n) is 4.62. The maximum atomic E-state index is 10.5. The van der Waals surface area contributed by atoms with Crippen molar-refractivity contribution in [2.45, 2.75) is 38.2 Å². The molecule has 2 rings (SSSR count). The number of epoxide rings is 1. The van der Waals surface area contributed by atoms with Gasteiger partial charge in [0, 0.05) is 12.5 Å². The van der Waals surface area contributed by atoms with Crippen molar-refractivity contribution in [1.29, 1.82) is 0 Å². The predicted octanol–water partition coefficient (Wildman–Crippen LogP) is 1.85. The number of hydrogen-bond donors (Lipinski definition) is 2. The molecule has 1 amide bonds. The Hall–Kier alpha value is -0.770. The summed E-state index contributed by atoms with van der Waals surface area (Å²) in [5, 5.41) is 11.1. The Morgan fingerprint density at radius 1 is 1.40 bits per heavy atom. The monoisotopic (exact) mass is 213 g/mol. The molecule has 0 aromatic carbocycles. The molecule has 0 aromatic heterocycles. The fraction of sp³-hybridized carbons (Fsp3) is 0.909. The van der Waals surface area contributed by atoms with Crippen LogP contribution in [0.5, 0.6) is 0 Å². The quantitative estimate of drug-likeness (QED) is 0.700. The van der Waals surface area contributed by atoms with Gasteiger partial charge in [0.25, 0.3) is 0 Å². The van der Waals surface area contributed by atoms with Gasteiger partial charge in [-0.25, -0.2) is 4.79 Å². The van der Waals surface area contributed by atoms with Crippen LogP contribution in [0.1, 0.15) is 32.1 Å². The third-order valence-corrected chi connectivity index (χ3v) is 3.58. The van der Waals surface area contributed by atoms with E-state index < -0.39 is 6.09 Å². The first kappa shape index (κ1) is 10.7. The number of amides is 1. The zero-order chi connectivity index (χ0) is 10.7. The predicted molar refractivity (Wildman–Crippen MR) is 55.8 cm³/mol. The van der Waals surface area contributed by atoms with Crippen LogP contribution in [-0.4, -0.2) is 30.5 Å². The minimum absolute atomic E-state index is 0.319. The number of nitrogens with one attached hydrogen (secondary N) is 1. The van der Waals surface area contributed by atoms with Crippen LogP contribution >= 0.6 is 0 Å². The fourth-order valence-electron chi connectivity index (χ4n) is 2.67. The van der Waals surface area contributed by atoms with E-state index in [0.717, 1.165) is 6.61 Å². The molecule has 4 heteroatoms. The van der Waals surface area contributed by atoms with Crippen LogP contribution in [-0.2, 0) is 4.74 Å². The summed E-state index contributed by atoms with van der Waals surface area (Å²) < 4.78 is 5.32. The molecule has 1 aliphatic heterocycles. The second-order valence-corrected chi connectivity index (χ2v) is 4.62. The van der Waals surface area contributed by atoms with E-state index in [4.69, 9.17) is 9.84 Å². The molecule has 1 unspecified atom stereocenters. The molecule has 2 aliphatic rings. The molecular formula is C11H19NO3. The molecule has 0 radical (unpaired) electrons. The van der Waals surface area contributed by atoms with Gasteiger partial charge in [0.2, 0.25) is 0 Å². The highest BCUT2D eigenvalue weighted by Crippen LogP contribution is 2.36. The highest BCUT2D eigenvalue weighted by molar-refractivity contribution is 5.64. The number of rotatable bonds is 4. The maximum absolute atomic E-state index is 10.5. The van der Waals surface area contributed by atoms with E-state index in [0.29, 0.717) is 24.5 Å². The standard InChI is InChI=1S/C11H19NO3/c13-11(14)12-6-9(10-7-15-10)8-4-2-1-3-5-8/h8-10,12H,1-7H2,(H,13,14)/t9-,10?/m0/s1. The first-order valence-electron chi connectivity index (χ1n) is 5.86. The molecule has 4 nitrogen and oxygen atoms in total. The summed E-state index contributed by atoms with van der Waals surface area (Å²) in [5.41, 5.74) is 0. The summed E-state index contributed by atoms with van der Waals surface area (Å²) in [6.07, 6.45) is 5.80. The number of carboxylic acid groups (broad SMARTS) is 1. The Balaban J connectivity index is 1.83. The fourth-order valence-corrected chi connectivity index (χ4v) is 2.67. The van der Waals surface area contributed by atoms with E-state index in [1.165, 1.54) is 32.1 Å². The van der Waals surface area contributed by atoms with Gasteiger partial charge in [0.1, 0.15) is 0 Å². The summed E-state index contributed by atoms with van der Waals surface area (Å²) in [4.78, 5) is 10.5. The largest absolute Gasteiger partial charge is 0.465 e. The lowest BCUT2D eigenvalue weighted by atomic mass is 9.78. The van der Waals surface area contributed by atoms with Gasteiger partial charge in [-0.05, 0) is 5.92 Å². The van der Waals surface area contributed by atoms with Gasteiger partial charge in [-0.1, -0.05) is 32.1 Å². The Labute approximate surface area is 90.0 Å². The molecule has 2 atom stereocenters. The van der Waals surface area contributed by atoms with E-state index in [1.54, 1.807) is 0 Å². The Kier molecular flexibility index (Phi) is 3.46. The SMILES string of the molecule is O=C(O)NC[C@@H](C1CCCCC1)C1CO1. The van der Waals surface area contributed by atoms with Crippen molar-refractivity contribution in [3.8, 4) is 0 Å². The van der Waals surface area contributed by atoms with Crippen LogP contribution in [0, 0.1) is 11.8 Å². The van der Waals surface area contributed by atoms with Gasteiger partial charge in [0.05, 0.1) is 12.7 Å². The van der Waals surface area contributed by atoms with E-state index >= 15 is 0 Å². The maximum Gasteiger partial charge on any atom is 0.404 e. The molecule has 1 aliphatic carbocycles. The first-order valence-corrected chi connectivity index (χ1v) is 5.86. The minimum Gasteiger partial charge on any atom is -0.465 e. The normalized spacial score (nSPS) is 28.4. The van der Waals surface area contributed by atoms with Crippen LogP contribution in [0.4, 0.5) is 4.79 Å². The average Bonchev–Trinajstić information content (AvgIpc) is 3.03. The summed E-state index contributed by atoms with van der Waals surface area (Å²) in [6, 6.07) is 0. The average molecular weight is 213 g/mol. The van der Waals surface area contributed by atoms with Crippen molar-refractivity contribution in [2.75, 3.05) is 13.2 Å². The van der Waals surface area contributed by atoms with Gasteiger partial charge in [-0.3, -0.25) is 0 Å². The molecule has 15 heavy (non-hydrogen) atoms. The van der Waals surface area contributed by atoms with E-state index in [2.05, 4.69) is 5.32 Å². The van der Waals surface area contributed by atoms with Crippen LogP contribution in [0.25, 0.3) is 0 Å². The smallest absolute Gasteiger partial charge is 0.404 e. The first-order chi connectivity index (χ1) is 7.27. The van der Waals surface area contributed by atoms with Crippen LogP contribution < -0.4 is 5.32 Å². The van der Waals surface area contributed by atoms with Gasteiger partial charge < -0.3 is 15.2 Å². The minimum atomic E-state index is -0.920. The molecule has 1 saturated carbocycles.